The smallest absolute Gasteiger partial charge is 0.263 e. The Hall–Kier alpha value is -1.71. The first kappa shape index (κ1) is 15.7. The third-order valence-electron chi connectivity index (χ3n) is 2.79. The molecule has 0 aliphatic rings. The Balaban J connectivity index is 2.08. The van der Waals surface area contributed by atoms with E-state index in [4.69, 9.17) is 10.9 Å². The summed E-state index contributed by atoms with van der Waals surface area (Å²) in [5.41, 5.74) is 6.07. The molecular weight excluding hydrogens is 317 g/mol. The summed E-state index contributed by atoms with van der Waals surface area (Å²) in [6.07, 6.45) is 0.212. The maximum Gasteiger partial charge on any atom is 0.263 e. The Bertz CT molecular complexity index is 786. The fourth-order valence-corrected chi connectivity index (χ4v) is 3.38. The molecule has 5 N–H and O–H groups in total. The van der Waals surface area contributed by atoms with Crippen molar-refractivity contribution in [1.29, 1.82) is 0 Å². The molecule has 21 heavy (non-hydrogen) atoms. The average Bonchev–Trinajstić information content (AvgIpc) is 2.71. The van der Waals surface area contributed by atoms with Crippen molar-refractivity contribution in [3.05, 3.63) is 28.9 Å². The summed E-state index contributed by atoms with van der Waals surface area (Å²) < 4.78 is 35.4. The number of nitrogens with one attached hydrogen (secondary N) is 1. The number of hydrogen-bond acceptors (Lipinski definition) is 5. The van der Waals surface area contributed by atoms with Gasteiger partial charge < -0.3 is 11.1 Å². The van der Waals surface area contributed by atoms with E-state index >= 15 is 0 Å². The summed E-state index contributed by atoms with van der Waals surface area (Å²) >= 11 is 1.16. The number of benzene rings is 1. The van der Waals surface area contributed by atoms with Crippen molar-refractivity contribution in [2.24, 2.45) is 5.14 Å². The number of nitrogen functional groups attached to an aromatic ring is 1. The summed E-state index contributed by atoms with van der Waals surface area (Å²) in [4.78, 5) is 12.3. The van der Waals surface area contributed by atoms with Crippen LogP contribution in [0.3, 0.4) is 0 Å². The van der Waals surface area contributed by atoms with Gasteiger partial charge in [0.25, 0.3) is 5.91 Å². The van der Waals surface area contributed by atoms with Crippen LogP contribution >= 0.6 is 11.3 Å². The van der Waals surface area contributed by atoms with Crippen LogP contribution in [0.5, 0.6) is 0 Å². The normalized spacial score (nSPS) is 11.7. The van der Waals surface area contributed by atoms with Gasteiger partial charge in [-0.25, -0.2) is 17.9 Å². The Kier molecular flexibility index (Phi) is 4.45. The molecule has 0 fully saturated rings. The van der Waals surface area contributed by atoms with Crippen molar-refractivity contribution in [3.8, 4) is 0 Å². The zero-order valence-electron chi connectivity index (χ0n) is 10.9. The fourth-order valence-electron chi connectivity index (χ4n) is 1.81. The number of hydrogen-bond donors (Lipinski definition) is 3. The monoisotopic (exact) mass is 331 g/mol. The van der Waals surface area contributed by atoms with Gasteiger partial charge in [-0.2, -0.15) is 0 Å². The van der Waals surface area contributed by atoms with Gasteiger partial charge in [0, 0.05) is 16.6 Å². The Morgan fingerprint density at radius 1 is 1.38 bits per heavy atom. The summed E-state index contributed by atoms with van der Waals surface area (Å²) in [7, 11) is -3.54. The predicted octanol–water partition coefficient (Wildman–Crippen LogP) is 1.03. The van der Waals surface area contributed by atoms with Gasteiger partial charge >= 0.3 is 0 Å². The second kappa shape index (κ2) is 5.96. The Labute approximate surface area is 125 Å². The second-order valence-electron chi connectivity index (χ2n) is 4.46. The SMILES string of the molecule is Nc1c(C(=O)NCCCS(N)(=O)=O)sc2ccc(F)cc12. The average molecular weight is 331 g/mol. The van der Waals surface area contributed by atoms with Crippen molar-refractivity contribution in [2.75, 3.05) is 18.0 Å². The minimum absolute atomic E-state index is 0.164. The molecule has 0 saturated heterocycles. The van der Waals surface area contributed by atoms with Gasteiger partial charge in [0.05, 0.1) is 11.4 Å². The predicted molar refractivity (Wildman–Crippen MR) is 81.1 cm³/mol. The first-order valence-electron chi connectivity index (χ1n) is 6.04. The number of carbonyl (C=O) groups is 1. The van der Waals surface area contributed by atoms with Crippen molar-refractivity contribution < 1.29 is 17.6 Å². The number of anilines is 1. The van der Waals surface area contributed by atoms with Crippen LogP contribution < -0.4 is 16.2 Å². The topological polar surface area (TPSA) is 115 Å². The van der Waals surface area contributed by atoms with Gasteiger partial charge in [0.15, 0.2) is 0 Å². The number of halogens is 1. The van der Waals surface area contributed by atoms with Crippen LogP contribution in [-0.4, -0.2) is 26.6 Å². The highest BCUT2D eigenvalue weighted by molar-refractivity contribution is 7.89. The van der Waals surface area contributed by atoms with Gasteiger partial charge in [0.2, 0.25) is 10.0 Å². The van der Waals surface area contributed by atoms with Crippen molar-refractivity contribution >= 4 is 43.0 Å². The van der Waals surface area contributed by atoms with Crippen LogP contribution in [0.2, 0.25) is 0 Å². The van der Waals surface area contributed by atoms with E-state index in [1.165, 1.54) is 12.1 Å². The molecule has 0 atom stereocenters. The summed E-state index contributed by atoms with van der Waals surface area (Å²) in [6, 6.07) is 4.13. The minimum Gasteiger partial charge on any atom is -0.397 e. The maximum absolute atomic E-state index is 13.2. The molecule has 0 bridgehead atoms. The molecule has 1 aromatic heterocycles. The van der Waals surface area contributed by atoms with Crippen molar-refractivity contribution in [3.63, 3.8) is 0 Å². The van der Waals surface area contributed by atoms with Gasteiger partial charge in [-0.3, -0.25) is 4.79 Å². The first-order valence-corrected chi connectivity index (χ1v) is 8.57. The number of primary sulfonamides is 1. The lowest BCUT2D eigenvalue weighted by atomic mass is 10.2. The van der Waals surface area contributed by atoms with E-state index < -0.39 is 21.7 Å². The molecule has 0 radical (unpaired) electrons. The van der Waals surface area contributed by atoms with E-state index in [0.29, 0.717) is 10.1 Å². The summed E-state index contributed by atoms with van der Waals surface area (Å²) in [6.45, 7) is 0.164. The second-order valence-corrected chi connectivity index (χ2v) is 7.25. The molecule has 2 aromatic rings. The van der Waals surface area contributed by atoms with Crippen molar-refractivity contribution in [1.82, 2.24) is 5.32 Å². The van der Waals surface area contributed by atoms with Crippen LogP contribution in [-0.2, 0) is 10.0 Å². The van der Waals surface area contributed by atoms with E-state index in [-0.39, 0.29) is 29.3 Å². The molecule has 0 aliphatic heterocycles. The van der Waals surface area contributed by atoms with Crippen LogP contribution in [0, 0.1) is 5.82 Å². The van der Waals surface area contributed by atoms with Crippen LogP contribution in [0.15, 0.2) is 18.2 Å². The number of nitrogens with two attached hydrogens (primary N) is 2. The zero-order chi connectivity index (χ0) is 15.6. The highest BCUT2D eigenvalue weighted by atomic mass is 32.2. The van der Waals surface area contributed by atoms with E-state index in [0.717, 1.165) is 11.3 Å². The molecule has 1 aromatic carbocycles. The molecule has 114 valence electrons. The molecule has 0 saturated carbocycles. The number of fused-ring (bicyclic) bond motifs is 1. The standard InChI is InChI=1S/C12H14FN3O3S2/c13-7-2-3-9-8(6-7)10(14)11(20-9)12(17)16-4-1-5-21(15,18)19/h2-3,6H,1,4-5,14H2,(H,16,17)(H2,15,18,19). The third kappa shape index (κ3) is 3.90. The fraction of sp³-hybridized carbons (Fsp3) is 0.250. The molecule has 1 heterocycles. The number of carbonyl (C=O) groups excluding carboxylic acids is 1. The number of amides is 1. The quantitative estimate of drug-likeness (QED) is 0.710. The van der Waals surface area contributed by atoms with Gasteiger partial charge in [0.1, 0.15) is 10.7 Å². The van der Waals surface area contributed by atoms with E-state index in [9.17, 15) is 17.6 Å². The lowest BCUT2D eigenvalue weighted by Gasteiger charge is -2.03. The van der Waals surface area contributed by atoms with Crippen LogP contribution in [0.25, 0.3) is 10.1 Å². The lowest BCUT2D eigenvalue weighted by Crippen LogP contribution is -2.27. The van der Waals surface area contributed by atoms with E-state index in [1.807, 2.05) is 0 Å². The summed E-state index contributed by atoms with van der Waals surface area (Å²) in [5, 5.41) is 7.92. The number of sulfonamides is 1. The van der Waals surface area contributed by atoms with Crippen molar-refractivity contribution in [2.45, 2.75) is 6.42 Å². The highest BCUT2D eigenvalue weighted by Crippen LogP contribution is 2.33. The molecular formula is C12H14FN3O3S2. The van der Waals surface area contributed by atoms with Crippen LogP contribution in [0.1, 0.15) is 16.1 Å². The molecule has 2 rings (SSSR count). The first-order chi connectivity index (χ1) is 9.78. The molecule has 6 nitrogen and oxygen atoms in total. The third-order valence-corrected chi connectivity index (χ3v) is 4.83. The maximum atomic E-state index is 13.2. The largest absolute Gasteiger partial charge is 0.397 e. The Morgan fingerprint density at radius 3 is 2.76 bits per heavy atom. The minimum atomic E-state index is -3.54. The lowest BCUT2D eigenvalue weighted by molar-refractivity contribution is 0.0958. The molecule has 0 spiro atoms. The zero-order valence-corrected chi connectivity index (χ0v) is 12.6. The number of rotatable bonds is 5. The number of thiophene rings is 1. The highest BCUT2D eigenvalue weighted by Gasteiger charge is 2.16. The van der Waals surface area contributed by atoms with E-state index in [2.05, 4.69) is 5.32 Å². The molecule has 9 heteroatoms. The van der Waals surface area contributed by atoms with Gasteiger partial charge in [-0.15, -0.1) is 11.3 Å². The van der Waals surface area contributed by atoms with E-state index in [1.54, 1.807) is 6.07 Å². The summed E-state index contributed by atoms with van der Waals surface area (Å²) in [5.74, 6) is -1.05. The van der Waals surface area contributed by atoms with Gasteiger partial charge in [-0.1, -0.05) is 0 Å². The molecule has 0 unspecified atom stereocenters. The Morgan fingerprint density at radius 2 is 2.10 bits per heavy atom. The molecule has 0 aliphatic carbocycles. The molecule has 1 amide bonds. The van der Waals surface area contributed by atoms with Crippen LogP contribution in [0.4, 0.5) is 10.1 Å². The van der Waals surface area contributed by atoms with Gasteiger partial charge in [-0.05, 0) is 24.6 Å².